The number of nitrogens with one attached hydrogen (secondary N) is 2. The number of carbonyl (C=O) groups is 2. The number of hydrogen-bond donors (Lipinski definition) is 2. The van der Waals surface area contributed by atoms with E-state index >= 15 is 0 Å². The summed E-state index contributed by atoms with van der Waals surface area (Å²) in [6.45, 7) is 5.10. The monoisotopic (exact) mass is 393 g/mol. The number of carbonyl (C=O) groups excluding carboxylic acids is 2. The van der Waals surface area contributed by atoms with Crippen molar-refractivity contribution < 1.29 is 14.3 Å². The lowest BCUT2D eigenvalue weighted by atomic mass is 9.88. The van der Waals surface area contributed by atoms with Gasteiger partial charge < -0.3 is 20.3 Å². The molecule has 2 N–H and O–H groups in total. The molecule has 6 nitrogen and oxygen atoms in total. The highest BCUT2D eigenvalue weighted by molar-refractivity contribution is 7.10. The number of rotatable bonds is 7. The van der Waals surface area contributed by atoms with Crippen LogP contribution >= 0.6 is 11.3 Å². The fourth-order valence-corrected chi connectivity index (χ4v) is 4.76. The summed E-state index contributed by atoms with van der Waals surface area (Å²) in [5, 5.41) is 7.65. The van der Waals surface area contributed by atoms with Crippen molar-refractivity contribution >= 4 is 23.3 Å². The molecular formula is C20H31N3O3S. The Hall–Kier alpha value is -1.60. The molecule has 3 rings (SSSR count). The maximum Gasteiger partial charge on any atom is 0.314 e. The van der Waals surface area contributed by atoms with Gasteiger partial charge in [-0.3, -0.25) is 4.79 Å². The summed E-state index contributed by atoms with van der Waals surface area (Å²) in [5.41, 5.74) is 1.26. The third-order valence-corrected chi connectivity index (χ3v) is 6.56. The van der Waals surface area contributed by atoms with Crippen LogP contribution in [-0.4, -0.2) is 49.2 Å². The summed E-state index contributed by atoms with van der Waals surface area (Å²) in [5.74, 6) is 0.709. The fraction of sp³-hybridized carbons (Fsp3) is 0.700. The molecule has 0 aromatic carbocycles. The summed E-state index contributed by atoms with van der Waals surface area (Å²) >= 11 is 1.77. The Morgan fingerprint density at radius 1 is 1.26 bits per heavy atom. The first-order chi connectivity index (χ1) is 13.1. The number of amides is 3. The topological polar surface area (TPSA) is 70.7 Å². The van der Waals surface area contributed by atoms with Crippen molar-refractivity contribution in [2.24, 2.45) is 5.92 Å². The van der Waals surface area contributed by atoms with E-state index in [1.807, 2.05) is 4.90 Å². The third-order valence-electron chi connectivity index (χ3n) is 5.54. The summed E-state index contributed by atoms with van der Waals surface area (Å²) in [7, 11) is 0. The average Bonchev–Trinajstić information content (AvgIpc) is 3.14. The highest BCUT2D eigenvalue weighted by Crippen LogP contribution is 2.26. The zero-order valence-electron chi connectivity index (χ0n) is 16.2. The highest BCUT2D eigenvalue weighted by Gasteiger charge is 2.22. The fourth-order valence-electron chi connectivity index (χ4n) is 3.87. The first-order valence-corrected chi connectivity index (χ1v) is 11.0. The van der Waals surface area contributed by atoms with E-state index in [4.69, 9.17) is 4.74 Å². The van der Waals surface area contributed by atoms with Crippen LogP contribution in [0.2, 0.25) is 0 Å². The van der Waals surface area contributed by atoms with Crippen molar-refractivity contribution in [3.05, 3.63) is 21.9 Å². The predicted octanol–water partition coefficient (Wildman–Crippen LogP) is 2.92. The quantitative estimate of drug-likeness (QED) is 0.700. The molecule has 1 fully saturated rings. The van der Waals surface area contributed by atoms with Crippen LogP contribution in [0.25, 0.3) is 0 Å². The largest absolute Gasteiger partial charge is 0.376 e. The molecule has 2 atom stereocenters. The number of fused-ring (bicyclic) bond motifs is 1. The van der Waals surface area contributed by atoms with Crippen molar-refractivity contribution in [2.75, 3.05) is 26.2 Å². The minimum atomic E-state index is -0.234. The summed E-state index contributed by atoms with van der Waals surface area (Å²) in [6.07, 6.45) is 6.49. The molecular weight excluding hydrogens is 362 g/mol. The van der Waals surface area contributed by atoms with E-state index in [1.165, 1.54) is 29.7 Å². The molecule has 1 aliphatic heterocycles. The van der Waals surface area contributed by atoms with E-state index in [9.17, 15) is 9.59 Å². The lowest BCUT2D eigenvalue weighted by Crippen LogP contribution is -2.41. The molecule has 1 aliphatic carbocycles. The number of hydrogen-bond acceptors (Lipinski definition) is 4. The second-order valence-corrected chi connectivity index (χ2v) is 8.54. The Morgan fingerprint density at radius 3 is 2.93 bits per heavy atom. The van der Waals surface area contributed by atoms with Gasteiger partial charge in [0.25, 0.3) is 0 Å². The molecule has 1 aromatic rings. The van der Waals surface area contributed by atoms with Crippen molar-refractivity contribution in [1.29, 1.82) is 0 Å². The van der Waals surface area contributed by atoms with Gasteiger partial charge in [0.2, 0.25) is 5.91 Å². The van der Waals surface area contributed by atoms with Crippen molar-refractivity contribution in [3.63, 3.8) is 0 Å². The lowest BCUT2D eigenvalue weighted by molar-refractivity contribution is -0.131. The van der Waals surface area contributed by atoms with Crippen LogP contribution in [0.3, 0.4) is 0 Å². The molecule has 0 saturated heterocycles. The van der Waals surface area contributed by atoms with Crippen LogP contribution in [0.4, 0.5) is 4.79 Å². The summed E-state index contributed by atoms with van der Waals surface area (Å²) in [4.78, 5) is 27.4. The number of ether oxygens (including phenoxy) is 1. The Bertz CT molecular complexity index is 634. The molecule has 0 spiro atoms. The zero-order chi connectivity index (χ0) is 19.1. The van der Waals surface area contributed by atoms with E-state index in [0.29, 0.717) is 44.7 Å². The first-order valence-electron chi connectivity index (χ1n) is 10.1. The first kappa shape index (κ1) is 20.1. The SMILES string of the molecule is CC1CCCCC1OCCNC(=O)NCCC(=O)N1CCc2sccc2C1. The van der Waals surface area contributed by atoms with E-state index in [-0.39, 0.29) is 11.9 Å². The number of thiophene rings is 1. The molecule has 2 unspecified atom stereocenters. The van der Waals surface area contributed by atoms with E-state index in [2.05, 4.69) is 29.0 Å². The standard InChI is InChI=1S/C20H31N3O3S/c1-15-4-2-3-5-17(15)26-12-10-22-20(25)21-9-6-19(24)23-11-7-18-16(14-23)8-13-27-18/h8,13,15,17H,2-7,9-12,14H2,1H3,(H2,21,22,25). The van der Waals surface area contributed by atoms with Crippen molar-refractivity contribution in [2.45, 2.75) is 58.1 Å². The molecule has 2 heterocycles. The van der Waals surface area contributed by atoms with Gasteiger partial charge in [-0.2, -0.15) is 0 Å². The van der Waals surface area contributed by atoms with E-state index < -0.39 is 0 Å². The minimum absolute atomic E-state index is 0.0989. The average molecular weight is 394 g/mol. The molecule has 2 aliphatic rings. The molecule has 27 heavy (non-hydrogen) atoms. The van der Waals surface area contributed by atoms with Gasteiger partial charge in [-0.15, -0.1) is 11.3 Å². The molecule has 0 bridgehead atoms. The van der Waals surface area contributed by atoms with Gasteiger partial charge in [0.1, 0.15) is 0 Å². The molecule has 1 saturated carbocycles. The highest BCUT2D eigenvalue weighted by atomic mass is 32.1. The maximum atomic E-state index is 12.3. The smallest absolute Gasteiger partial charge is 0.314 e. The van der Waals surface area contributed by atoms with Gasteiger partial charge in [-0.25, -0.2) is 4.79 Å². The van der Waals surface area contributed by atoms with Crippen LogP contribution in [0.1, 0.15) is 49.5 Å². The molecule has 1 aromatic heterocycles. The second-order valence-electron chi connectivity index (χ2n) is 7.54. The summed E-state index contributed by atoms with van der Waals surface area (Å²) in [6, 6.07) is 1.86. The number of urea groups is 1. The van der Waals surface area contributed by atoms with Crippen LogP contribution in [0, 0.1) is 5.92 Å². The van der Waals surface area contributed by atoms with E-state index in [1.54, 1.807) is 11.3 Å². The van der Waals surface area contributed by atoms with Crippen LogP contribution in [0.5, 0.6) is 0 Å². The maximum absolute atomic E-state index is 12.3. The van der Waals surface area contributed by atoms with Gasteiger partial charge in [-0.05, 0) is 42.2 Å². The molecule has 3 amide bonds. The third kappa shape index (κ3) is 5.94. The van der Waals surface area contributed by atoms with Gasteiger partial charge in [-0.1, -0.05) is 19.8 Å². The Kier molecular flexibility index (Phi) is 7.52. The Labute approximate surface area is 165 Å². The van der Waals surface area contributed by atoms with Gasteiger partial charge in [0.05, 0.1) is 12.7 Å². The second kappa shape index (κ2) is 10.1. The van der Waals surface area contributed by atoms with Gasteiger partial charge in [0, 0.05) is 37.5 Å². The van der Waals surface area contributed by atoms with Gasteiger partial charge in [0.15, 0.2) is 0 Å². The zero-order valence-corrected chi connectivity index (χ0v) is 17.0. The molecule has 150 valence electrons. The van der Waals surface area contributed by atoms with Crippen molar-refractivity contribution in [3.8, 4) is 0 Å². The Balaban J connectivity index is 1.25. The van der Waals surface area contributed by atoms with Crippen LogP contribution in [-0.2, 0) is 22.5 Å². The lowest BCUT2D eigenvalue weighted by Gasteiger charge is -2.28. The normalized spacial score (nSPS) is 22.2. The van der Waals surface area contributed by atoms with Crippen LogP contribution in [0.15, 0.2) is 11.4 Å². The van der Waals surface area contributed by atoms with E-state index in [0.717, 1.165) is 19.4 Å². The molecule has 0 radical (unpaired) electrons. The number of nitrogens with zero attached hydrogens (tertiary/aromatic N) is 1. The van der Waals surface area contributed by atoms with Gasteiger partial charge >= 0.3 is 6.03 Å². The van der Waals surface area contributed by atoms with Crippen molar-refractivity contribution in [1.82, 2.24) is 15.5 Å². The predicted molar refractivity (Wildman–Crippen MR) is 107 cm³/mol. The van der Waals surface area contributed by atoms with Crippen LogP contribution < -0.4 is 10.6 Å². The minimum Gasteiger partial charge on any atom is -0.376 e. The molecule has 7 heteroatoms. The Morgan fingerprint density at radius 2 is 2.07 bits per heavy atom. The summed E-state index contributed by atoms with van der Waals surface area (Å²) < 4.78 is 5.89.